The van der Waals surface area contributed by atoms with Crippen molar-refractivity contribution < 1.29 is 9.90 Å². The average molecular weight is 507 g/mol. The molecule has 3 aromatic rings. The largest absolute Gasteiger partial charge is 0.508 e. The van der Waals surface area contributed by atoms with E-state index in [1.807, 2.05) is 19.1 Å². The summed E-state index contributed by atoms with van der Waals surface area (Å²) in [7, 11) is 2.18. The van der Waals surface area contributed by atoms with Crippen molar-refractivity contribution >= 4 is 17.9 Å². The first kappa shape index (κ1) is 30.9. The molecule has 4 rings (SSSR count). The van der Waals surface area contributed by atoms with E-state index in [1.54, 1.807) is 36.4 Å². The van der Waals surface area contributed by atoms with Crippen LogP contribution in [0.2, 0.25) is 5.02 Å². The van der Waals surface area contributed by atoms with Crippen LogP contribution in [0.5, 0.6) is 5.75 Å². The van der Waals surface area contributed by atoms with Crippen molar-refractivity contribution in [3.63, 3.8) is 0 Å². The molecule has 1 N–H and O–H groups in total. The summed E-state index contributed by atoms with van der Waals surface area (Å²) in [6.07, 6.45) is 3.73. The Morgan fingerprint density at radius 3 is 2.28 bits per heavy atom. The van der Waals surface area contributed by atoms with Gasteiger partial charge < -0.3 is 14.8 Å². The van der Waals surface area contributed by atoms with E-state index in [0.29, 0.717) is 17.0 Å². The first-order valence-corrected chi connectivity index (χ1v) is 12.7. The van der Waals surface area contributed by atoms with Gasteiger partial charge in [0.05, 0.1) is 10.6 Å². The van der Waals surface area contributed by atoms with Gasteiger partial charge in [0.25, 0.3) is 0 Å². The number of hydrogen-bond acceptors (Lipinski definition) is 4. The second kappa shape index (κ2) is 17.3. The van der Waals surface area contributed by atoms with E-state index in [0.717, 1.165) is 29.8 Å². The summed E-state index contributed by atoms with van der Waals surface area (Å²) in [5.74, 6) is 1.16. The number of aromatic hydroxyl groups is 1. The quantitative estimate of drug-likeness (QED) is 0.382. The van der Waals surface area contributed by atoms with Crippen LogP contribution in [0.1, 0.15) is 48.1 Å². The highest BCUT2D eigenvalue weighted by Crippen LogP contribution is 2.16. The van der Waals surface area contributed by atoms with Crippen molar-refractivity contribution in [1.82, 2.24) is 4.90 Å². The Morgan fingerprint density at radius 2 is 1.83 bits per heavy atom. The number of aryl methyl sites for hydroxylation is 3. The predicted molar refractivity (Wildman–Crippen MR) is 151 cm³/mol. The fourth-order valence-electron chi connectivity index (χ4n) is 3.65. The summed E-state index contributed by atoms with van der Waals surface area (Å²) < 4.78 is 0. The molecule has 1 aliphatic rings. The Bertz CT molecular complexity index is 1100. The molecule has 1 saturated heterocycles. The Morgan fingerprint density at radius 1 is 1.11 bits per heavy atom. The number of benzene rings is 3. The highest BCUT2D eigenvalue weighted by Gasteiger charge is 2.13. The van der Waals surface area contributed by atoms with Gasteiger partial charge in [0.15, 0.2) is 0 Å². The van der Waals surface area contributed by atoms with Gasteiger partial charge in [-0.2, -0.15) is 5.26 Å². The van der Waals surface area contributed by atoms with Crippen molar-refractivity contribution in [2.24, 2.45) is 5.92 Å². The second-order valence-electron chi connectivity index (χ2n) is 9.07. The van der Waals surface area contributed by atoms with E-state index >= 15 is 0 Å². The molecule has 5 heteroatoms. The first-order chi connectivity index (χ1) is 17.2. The van der Waals surface area contributed by atoms with E-state index in [2.05, 4.69) is 57.0 Å². The van der Waals surface area contributed by atoms with Crippen molar-refractivity contribution in [2.75, 3.05) is 20.1 Å². The third-order valence-corrected chi connectivity index (χ3v) is 6.06. The maximum atomic E-state index is 10.0. The maximum absolute atomic E-state index is 10.0. The summed E-state index contributed by atoms with van der Waals surface area (Å²) in [5, 5.41) is 17.9. The lowest BCUT2D eigenvalue weighted by molar-refractivity contribution is -0.107. The fraction of sp³-hybridized carbons (Fsp3) is 0.355. The molecule has 0 radical (unpaired) electrons. The molecule has 1 aliphatic heterocycles. The number of nitrogens with zero attached hydrogens (tertiary/aromatic N) is 2. The summed E-state index contributed by atoms with van der Waals surface area (Å²) in [6.45, 7) is 11.2. The Hall–Kier alpha value is -3.13. The van der Waals surface area contributed by atoms with E-state index in [9.17, 15) is 4.79 Å². The van der Waals surface area contributed by atoms with Gasteiger partial charge in [0.1, 0.15) is 18.1 Å². The van der Waals surface area contributed by atoms with Crippen LogP contribution in [0.3, 0.4) is 0 Å². The third-order valence-electron chi connectivity index (χ3n) is 5.74. The summed E-state index contributed by atoms with van der Waals surface area (Å²) >= 11 is 5.71. The normalized spacial score (nSPS) is 14.1. The zero-order valence-corrected chi connectivity index (χ0v) is 22.9. The molecule has 4 nitrogen and oxygen atoms in total. The molecule has 0 bridgehead atoms. The number of halogens is 1. The monoisotopic (exact) mass is 506 g/mol. The van der Waals surface area contributed by atoms with Crippen LogP contribution >= 0.6 is 11.6 Å². The minimum absolute atomic E-state index is 0.208. The average Bonchev–Trinajstić information content (AvgIpc) is 3.23. The van der Waals surface area contributed by atoms with Crippen LogP contribution in [-0.4, -0.2) is 36.4 Å². The number of hydrogen-bond donors (Lipinski definition) is 1. The lowest BCUT2D eigenvalue weighted by Crippen LogP contribution is -2.12. The van der Waals surface area contributed by atoms with Crippen LogP contribution in [0.4, 0.5) is 0 Å². The van der Waals surface area contributed by atoms with Crippen molar-refractivity contribution in [3.05, 3.63) is 99.6 Å². The van der Waals surface area contributed by atoms with Gasteiger partial charge in [0.2, 0.25) is 0 Å². The number of phenolic OH excluding ortho intramolecular Hbond substituents is 1. The van der Waals surface area contributed by atoms with Crippen LogP contribution in [0.25, 0.3) is 0 Å². The van der Waals surface area contributed by atoms with Crippen molar-refractivity contribution in [1.29, 1.82) is 5.26 Å². The number of phenols is 1. The van der Waals surface area contributed by atoms with Gasteiger partial charge in [0, 0.05) is 13.0 Å². The first-order valence-electron chi connectivity index (χ1n) is 12.3. The van der Waals surface area contributed by atoms with Gasteiger partial charge in [-0.05, 0) is 92.7 Å². The second-order valence-corrected chi connectivity index (χ2v) is 9.48. The molecule has 1 atom stereocenters. The molecule has 1 heterocycles. The Labute approximate surface area is 222 Å². The maximum Gasteiger partial charge on any atom is 0.124 e. The Kier molecular flexibility index (Phi) is 14.9. The number of carbonyl (C=O) groups is 1. The molecule has 1 unspecified atom stereocenters. The van der Waals surface area contributed by atoms with E-state index < -0.39 is 0 Å². The molecule has 0 aliphatic carbocycles. The van der Waals surface area contributed by atoms with E-state index in [1.165, 1.54) is 30.6 Å². The number of likely N-dealkylation sites (tertiary alicyclic amines) is 1. The molecular weight excluding hydrogens is 468 g/mol. The molecule has 0 saturated carbocycles. The highest BCUT2D eigenvalue weighted by molar-refractivity contribution is 6.31. The number of rotatable bonds is 3. The van der Waals surface area contributed by atoms with Crippen LogP contribution < -0.4 is 0 Å². The fourth-order valence-corrected chi connectivity index (χ4v) is 3.93. The minimum Gasteiger partial charge on any atom is -0.508 e. The zero-order chi connectivity index (χ0) is 26.9. The molecular formula is C31H39ClN2O2. The van der Waals surface area contributed by atoms with Gasteiger partial charge in [-0.15, -0.1) is 0 Å². The molecule has 192 valence electrons. The van der Waals surface area contributed by atoms with E-state index in [4.69, 9.17) is 22.0 Å². The molecule has 3 aromatic carbocycles. The molecule has 1 fully saturated rings. The smallest absolute Gasteiger partial charge is 0.124 e. The SMILES string of the molecule is CC1CCN(C)C1.CCc1ccccc1C.Cc1ccc(C#N)c(Cl)c1.O=CCc1cccc(O)c1. The van der Waals surface area contributed by atoms with Crippen molar-refractivity contribution in [2.45, 2.75) is 47.0 Å². The van der Waals surface area contributed by atoms with Crippen LogP contribution in [0, 0.1) is 31.1 Å². The van der Waals surface area contributed by atoms with Gasteiger partial charge in [-0.3, -0.25) is 0 Å². The van der Waals surface area contributed by atoms with E-state index in [-0.39, 0.29) is 5.75 Å². The molecule has 36 heavy (non-hydrogen) atoms. The number of nitriles is 1. The summed E-state index contributed by atoms with van der Waals surface area (Å²) in [4.78, 5) is 12.4. The van der Waals surface area contributed by atoms with Gasteiger partial charge >= 0.3 is 0 Å². The standard InChI is InChI=1S/C9H12.C8H6ClN.C8H8O2.C6H13N/c1-3-9-7-5-4-6-8(9)2;1-6-2-3-7(5-10)8(9)4-6;9-5-4-7-2-1-3-8(10)6-7;1-6-3-4-7(2)5-6/h4-7H,3H2,1-2H3;2-4H,1H3;1-3,5-6,10H,4H2;6H,3-5H2,1-2H3. The lowest BCUT2D eigenvalue weighted by Gasteiger charge is -2.03. The van der Waals surface area contributed by atoms with Crippen molar-refractivity contribution in [3.8, 4) is 11.8 Å². The minimum atomic E-state index is 0.208. The lowest BCUT2D eigenvalue weighted by atomic mass is 10.1. The van der Waals surface area contributed by atoms with Gasteiger partial charge in [-0.1, -0.05) is 67.9 Å². The van der Waals surface area contributed by atoms with Crippen LogP contribution in [0.15, 0.2) is 66.7 Å². The van der Waals surface area contributed by atoms with Crippen LogP contribution in [-0.2, 0) is 17.6 Å². The number of carbonyl (C=O) groups excluding carboxylic acids is 1. The highest BCUT2D eigenvalue weighted by atomic mass is 35.5. The third kappa shape index (κ3) is 12.5. The summed E-state index contributed by atoms with van der Waals surface area (Å²) in [5.41, 5.74) is 5.31. The molecule has 0 amide bonds. The summed E-state index contributed by atoms with van der Waals surface area (Å²) in [6, 6.07) is 22.5. The zero-order valence-electron chi connectivity index (χ0n) is 22.2. The predicted octanol–water partition coefficient (Wildman–Crippen LogP) is 7.17. The van der Waals surface area contributed by atoms with Gasteiger partial charge in [-0.25, -0.2) is 0 Å². The molecule has 0 aromatic heterocycles. The topological polar surface area (TPSA) is 64.3 Å². The Balaban J connectivity index is 0.000000242. The number of aldehydes is 1. The molecule has 0 spiro atoms.